The lowest BCUT2D eigenvalue weighted by Crippen LogP contribution is -2.39. The number of benzene rings is 2. The van der Waals surface area contributed by atoms with Crippen LogP contribution < -0.4 is 4.74 Å². The number of esters is 1. The van der Waals surface area contributed by atoms with Gasteiger partial charge in [-0.25, -0.2) is 4.79 Å². The van der Waals surface area contributed by atoms with Crippen molar-refractivity contribution in [2.45, 2.75) is 58.0 Å². The monoisotopic (exact) mass is 512 g/mol. The van der Waals surface area contributed by atoms with Crippen LogP contribution in [0.25, 0.3) is 16.8 Å². The van der Waals surface area contributed by atoms with Gasteiger partial charge in [0.25, 0.3) is 0 Å². The summed E-state index contributed by atoms with van der Waals surface area (Å²) in [6.45, 7) is 4.56. The van der Waals surface area contributed by atoms with Crippen LogP contribution in [-0.2, 0) is 21.6 Å². The molecule has 196 valence electrons. The fraction of sp³-hybridized carbons (Fsp3) is 0.323. The van der Waals surface area contributed by atoms with Crippen LogP contribution in [0.3, 0.4) is 0 Å². The third-order valence-corrected chi connectivity index (χ3v) is 7.52. The Morgan fingerprint density at radius 1 is 1.00 bits per heavy atom. The fourth-order valence-corrected chi connectivity index (χ4v) is 5.50. The number of carbonyl (C=O) groups is 2. The summed E-state index contributed by atoms with van der Waals surface area (Å²) < 4.78 is 13.5. The largest absolute Gasteiger partial charge is 0.478 e. The van der Waals surface area contributed by atoms with E-state index in [1.54, 1.807) is 18.2 Å². The summed E-state index contributed by atoms with van der Waals surface area (Å²) in [6.07, 6.45) is 6.27. The van der Waals surface area contributed by atoms with Gasteiger partial charge in [-0.3, -0.25) is 9.20 Å². The Balaban J connectivity index is 1.41. The van der Waals surface area contributed by atoms with Crippen molar-refractivity contribution in [1.29, 1.82) is 0 Å². The lowest BCUT2D eigenvalue weighted by Gasteiger charge is -2.35. The van der Waals surface area contributed by atoms with E-state index in [0.717, 1.165) is 60.1 Å². The van der Waals surface area contributed by atoms with Crippen LogP contribution in [0.5, 0.6) is 5.88 Å². The Labute approximate surface area is 222 Å². The zero-order valence-electron chi connectivity index (χ0n) is 21.8. The molecule has 5 rings (SSSR count). The molecule has 0 bridgehead atoms. The Kier molecular flexibility index (Phi) is 7.18. The normalized spacial score (nSPS) is 14.8. The quantitative estimate of drug-likeness (QED) is 0.277. The number of hydrogen-bond acceptors (Lipinski definition) is 5. The second-order valence-electron chi connectivity index (χ2n) is 9.86. The van der Waals surface area contributed by atoms with Crippen LogP contribution in [0.2, 0.25) is 0 Å². The Morgan fingerprint density at radius 3 is 2.45 bits per heavy atom. The van der Waals surface area contributed by atoms with Crippen molar-refractivity contribution in [3.05, 3.63) is 89.2 Å². The van der Waals surface area contributed by atoms with Gasteiger partial charge in [0.1, 0.15) is 12.3 Å². The zero-order valence-corrected chi connectivity index (χ0v) is 21.8. The van der Waals surface area contributed by atoms with E-state index in [2.05, 4.69) is 4.98 Å². The van der Waals surface area contributed by atoms with Crippen molar-refractivity contribution in [2.24, 2.45) is 0 Å². The summed E-state index contributed by atoms with van der Waals surface area (Å²) in [5.74, 6) is -0.647. The summed E-state index contributed by atoms with van der Waals surface area (Å²) in [5.41, 5.74) is 4.52. The van der Waals surface area contributed by atoms with Gasteiger partial charge < -0.3 is 14.6 Å². The van der Waals surface area contributed by atoms with Crippen LogP contribution in [0.1, 0.15) is 66.2 Å². The van der Waals surface area contributed by atoms with E-state index >= 15 is 0 Å². The summed E-state index contributed by atoms with van der Waals surface area (Å²) in [4.78, 5) is 30.0. The predicted molar refractivity (Wildman–Crippen MR) is 144 cm³/mol. The summed E-state index contributed by atoms with van der Waals surface area (Å²) >= 11 is 0. The van der Waals surface area contributed by atoms with Crippen molar-refractivity contribution in [3.63, 3.8) is 0 Å². The Hall–Kier alpha value is -4.13. The highest BCUT2D eigenvalue weighted by molar-refractivity contribution is 5.96. The van der Waals surface area contributed by atoms with E-state index in [0.29, 0.717) is 18.1 Å². The van der Waals surface area contributed by atoms with Crippen molar-refractivity contribution < 1.29 is 24.2 Å². The zero-order chi connectivity index (χ0) is 26.7. The van der Waals surface area contributed by atoms with E-state index in [-0.39, 0.29) is 18.1 Å². The number of nitrogens with zero attached hydrogens (tertiary/aromatic N) is 2. The van der Waals surface area contributed by atoms with E-state index in [4.69, 9.17) is 9.47 Å². The molecule has 1 saturated carbocycles. The number of aryl methyl sites for hydroxylation is 1. The highest BCUT2D eigenvalue weighted by Gasteiger charge is 2.42. The molecule has 1 fully saturated rings. The first-order chi connectivity index (χ1) is 18.4. The first-order valence-electron chi connectivity index (χ1n) is 13.1. The molecule has 0 unspecified atom stereocenters. The molecule has 2 aromatic carbocycles. The van der Waals surface area contributed by atoms with Crippen LogP contribution in [0.15, 0.2) is 66.9 Å². The third kappa shape index (κ3) is 4.76. The molecule has 2 aromatic heterocycles. The minimum absolute atomic E-state index is 0.128. The Bertz CT molecular complexity index is 1470. The van der Waals surface area contributed by atoms with Crippen molar-refractivity contribution >= 4 is 17.6 Å². The molecule has 0 atom stereocenters. The molecule has 1 aliphatic rings. The number of carbonyl (C=O) groups excluding carboxylic acids is 1. The molecule has 0 radical (unpaired) electrons. The highest BCUT2D eigenvalue weighted by atomic mass is 16.5. The van der Waals surface area contributed by atoms with Gasteiger partial charge in [-0.15, -0.1) is 0 Å². The van der Waals surface area contributed by atoms with Gasteiger partial charge in [-0.2, -0.15) is 4.98 Å². The number of fused-ring (bicyclic) bond motifs is 1. The van der Waals surface area contributed by atoms with Gasteiger partial charge in [0.15, 0.2) is 0 Å². The summed E-state index contributed by atoms with van der Waals surface area (Å²) in [5, 5.41) is 9.59. The van der Waals surface area contributed by atoms with Gasteiger partial charge in [0.05, 0.1) is 29.5 Å². The van der Waals surface area contributed by atoms with E-state index in [9.17, 15) is 14.7 Å². The number of imidazole rings is 1. The lowest BCUT2D eigenvalue weighted by molar-refractivity contribution is -0.153. The predicted octanol–water partition coefficient (Wildman–Crippen LogP) is 6.35. The molecule has 38 heavy (non-hydrogen) atoms. The SMILES string of the molecule is CCOc1cn2c(COC(=O)C3(c4ccc(-c5ccccc5C(=O)O)cc4)CCCCC3)ccc(C)c2n1. The minimum Gasteiger partial charge on any atom is -0.478 e. The van der Waals surface area contributed by atoms with E-state index < -0.39 is 11.4 Å². The number of aromatic nitrogens is 2. The molecule has 0 spiro atoms. The molecule has 7 nitrogen and oxygen atoms in total. The van der Waals surface area contributed by atoms with Crippen LogP contribution in [0, 0.1) is 6.92 Å². The minimum atomic E-state index is -0.964. The van der Waals surface area contributed by atoms with Gasteiger partial charge in [0, 0.05) is 0 Å². The topological polar surface area (TPSA) is 90.1 Å². The number of rotatable bonds is 8. The maximum absolute atomic E-state index is 13.8. The highest BCUT2D eigenvalue weighted by Crippen LogP contribution is 2.41. The number of aromatic carboxylic acids is 1. The number of ether oxygens (including phenoxy) is 2. The Morgan fingerprint density at radius 2 is 1.74 bits per heavy atom. The second-order valence-corrected chi connectivity index (χ2v) is 9.86. The third-order valence-electron chi connectivity index (χ3n) is 7.52. The number of pyridine rings is 1. The molecule has 2 heterocycles. The van der Waals surface area contributed by atoms with Gasteiger partial charge in [-0.05, 0) is 61.1 Å². The molecule has 0 aliphatic heterocycles. The van der Waals surface area contributed by atoms with Crippen LogP contribution >= 0.6 is 0 Å². The lowest BCUT2D eigenvalue weighted by atomic mass is 9.69. The number of hydrogen-bond donors (Lipinski definition) is 1. The molecule has 7 heteroatoms. The molecule has 1 N–H and O–H groups in total. The molecular weight excluding hydrogens is 480 g/mol. The average Bonchev–Trinajstić information content (AvgIpc) is 3.38. The number of carboxylic acids is 1. The van der Waals surface area contributed by atoms with Gasteiger partial charge >= 0.3 is 11.9 Å². The average molecular weight is 513 g/mol. The first kappa shape index (κ1) is 25.5. The van der Waals surface area contributed by atoms with Gasteiger partial charge in [-0.1, -0.05) is 67.8 Å². The molecule has 0 saturated heterocycles. The van der Waals surface area contributed by atoms with Crippen LogP contribution in [-0.4, -0.2) is 33.0 Å². The fourth-order valence-electron chi connectivity index (χ4n) is 5.50. The van der Waals surface area contributed by atoms with Gasteiger partial charge in [0.2, 0.25) is 5.88 Å². The second kappa shape index (κ2) is 10.7. The first-order valence-corrected chi connectivity index (χ1v) is 13.1. The van der Waals surface area contributed by atoms with Crippen molar-refractivity contribution in [3.8, 4) is 17.0 Å². The smallest absolute Gasteiger partial charge is 0.336 e. The van der Waals surface area contributed by atoms with Crippen molar-refractivity contribution in [1.82, 2.24) is 9.38 Å². The molecule has 1 aliphatic carbocycles. The maximum Gasteiger partial charge on any atom is 0.336 e. The maximum atomic E-state index is 13.8. The van der Waals surface area contributed by atoms with E-state index in [1.165, 1.54) is 0 Å². The van der Waals surface area contributed by atoms with Crippen molar-refractivity contribution in [2.75, 3.05) is 6.61 Å². The molecule has 0 amide bonds. The number of carboxylic acid groups (broad SMARTS) is 1. The summed E-state index contributed by atoms with van der Waals surface area (Å²) in [7, 11) is 0. The molecule has 4 aromatic rings. The standard InChI is InChI=1S/C31H32N2O5/c1-3-37-27-19-33-24(16-11-21(2)28(33)32-27)20-38-30(36)31(17-7-4-8-18-31)23-14-12-22(13-15-23)25-9-5-6-10-26(25)29(34)35/h5-6,9-16,19H,3-4,7-8,17-18,20H2,1-2H3,(H,34,35). The van der Waals surface area contributed by atoms with Crippen LogP contribution in [0.4, 0.5) is 0 Å². The van der Waals surface area contributed by atoms with E-state index in [1.807, 2.05) is 66.9 Å². The summed E-state index contributed by atoms with van der Waals surface area (Å²) in [6, 6.07) is 18.6. The molecular formula is C31H32N2O5.